The van der Waals surface area contributed by atoms with E-state index in [1.807, 2.05) is 0 Å². The van der Waals surface area contributed by atoms with E-state index in [-0.39, 0.29) is 41.9 Å². The molecule has 2 atom stereocenters. The normalized spacial score (nSPS) is 15.3. The molecule has 1 unspecified atom stereocenters. The average molecular weight is 301 g/mol. The van der Waals surface area contributed by atoms with Crippen molar-refractivity contribution in [1.82, 2.24) is 9.55 Å². The first-order valence-corrected chi connectivity index (χ1v) is 6.66. The van der Waals surface area contributed by atoms with Crippen molar-refractivity contribution in [2.45, 2.75) is 12.6 Å². The molecule has 1 heterocycles. The third-order valence-electron chi connectivity index (χ3n) is 1.97. The second kappa shape index (κ2) is 8.13. The van der Waals surface area contributed by atoms with Gasteiger partial charge in [0.2, 0.25) is 0 Å². The molecule has 0 fully saturated rings. The van der Waals surface area contributed by atoms with Gasteiger partial charge in [-0.05, 0) is 6.07 Å². The number of nitrogen functional groups attached to an aromatic ring is 1. The number of anilines is 1. The van der Waals surface area contributed by atoms with Crippen molar-refractivity contribution in [2.24, 2.45) is 0 Å². The van der Waals surface area contributed by atoms with Crippen LogP contribution in [0.25, 0.3) is 0 Å². The molecule has 0 aliphatic heterocycles. The first kappa shape index (κ1) is 18.8. The first-order valence-electron chi connectivity index (χ1n) is 4.90. The van der Waals surface area contributed by atoms with Gasteiger partial charge >= 0.3 is 35.2 Å². The number of nitrogens with two attached hydrogens (primary N) is 1. The standard InChI is InChI=1S/C8H14N3O6P.Na/c9-7-1-2-11(8(13)10-7)3-6(4-12)17-5-18(14,15)16;/h1-2,6,12H,3-5H2,(H2,9,10,13)(H2,14,15,16);/q;+1/p-1/t6-;/m0./s1. The van der Waals surface area contributed by atoms with Gasteiger partial charge in [-0.15, -0.1) is 0 Å². The van der Waals surface area contributed by atoms with Crippen molar-refractivity contribution in [3.05, 3.63) is 22.7 Å². The van der Waals surface area contributed by atoms with Gasteiger partial charge in [0.25, 0.3) is 0 Å². The van der Waals surface area contributed by atoms with Gasteiger partial charge in [-0.2, -0.15) is 4.98 Å². The summed E-state index contributed by atoms with van der Waals surface area (Å²) in [5.41, 5.74) is 4.64. The maximum absolute atomic E-state index is 11.4. The molecule has 19 heavy (non-hydrogen) atoms. The van der Waals surface area contributed by atoms with Gasteiger partial charge in [-0.3, -0.25) is 4.57 Å². The molecule has 11 heteroatoms. The Bertz CT molecular complexity index is 504. The number of aliphatic hydroxyl groups is 1. The molecule has 4 N–H and O–H groups in total. The molecule has 0 aliphatic rings. The Labute approximate surface area is 130 Å². The molecular weight excluding hydrogens is 288 g/mol. The van der Waals surface area contributed by atoms with E-state index < -0.39 is 32.3 Å². The fourth-order valence-corrected chi connectivity index (χ4v) is 1.56. The molecule has 0 saturated carbocycles. The number of aromatic nitrogens is 2. The van der Waals surface area contributed by atoms with Crippen LogP contribution in [0.4, 0.5) is 5.82 Å². The Balaban J connectivity index is 0.00000324. The fourth-order valence-electron chi connectivity index (χ4n) is 1.16. The van der Waals surface area contributed by atoms with E-state index in [4.69, 9.17) is 20.5 Å². The van der Waals surface area contributed by atoms with Crippen LogP contribution in [-0.4, -0.2) is 38.6 Å². The van der Waals surface area contributed by atoms with Gasteiger partial charge in [0.05, 0.1) is 19.3 Å². The summed E-state index contributed by atoms with van der Waals surface area (Å²) in [6, 6.07) is 1.38. The number of nitrogens with zero attached hydrogens (tertiary/aromatic N) is 2. The fraction of sp³-hybridized carbons (Fsp3) is 0.500. The number of hydrogen-bond acceptors (Lipinski definition) is 7. The summed E-state index contributed by atoms with van der Waals surface area (Å²) in [6.45, 7) is -0.626. The Hall–Kier alpha value is -0.250. The third kappa shape index (κ3) is 7.19. The summed E-state index contributed by atoms with van der Waals surface area (Å²) >= 11 is 0. The molecule has 1 rings (SSSR count). The van der Waals surface area contributed by atoms with E-state index in [0.29, 0.717) is 0 Å². The molecule has 1 aromatic heterocycles. The molecule has 0 spiro atoms. The Morgan fingerprint density at radius 3 is 2.74 bits per heavy atom. The van der Waals surface area contributed by atoms with Crippen LogP contribution in [0, 0.1) is 0 Å². The maximum atomic E-state index is 11.4. The Morgan fingerprint density at radius 1 is 1.63 bits per heavy atom. The van der Waals surface area contributed by atoms with Crippen LogP contribution < -0.4 is 45.9 Å². The monoisotopic (exact) mass is 301 g/mol. The van der Waals surface area contributed by atoms with E-state index in [9.17, 15) is 14.3 Å². The van der Waals surface area contributed by atoms with Gasteiger partial charge < -0.3 is 29.9 Å². The minimum atomic E-state index is -4.56. The number of hydrogen-bond donors (Lipinski definition) is 3. The third-order valence-corrected chi connectivity index (χ3v) is 2.45. The second-order valence-corrected chi connectivity index (χ2v) is 5.06. The summed E-state index contributed by atoms with van der Waals surface area (Å²) in [6.07, 6.45) is -0.551. The molecule has 0 amide bonds. The maximum Gasteiger partial charge on any atom is 1.00 e. The van der Waals surface area contributed by atoms with Crippen molar-refractivity contribution in [2.75, 3.05) is 18.7 Å². The Morgan fingerprint density at radius 2 is 2.26 bits per heavy atom. The van der Waals surface area contributed by atoms with Crippen LogP contribution in [0.5, 0.6) is 0 Å². The predicted octanol–water partition coefficient (Wildman–Crippen LogP) is -5.29. The topological polar surface area (TPSA) is 151 Å². The van der Waals surface area contributed by atoms with Crippen molar-refractivity contribution in [3.63, 3.8) is 0 Å². The number of ether oxygens (including phenoxy) is 1. The van der Waals surface area contributed by atoms with Crippen molar-refractivity contribution >= 4 is 13.4 Å². The van der Waals surface area contributed by atoms with E-state index in [1.54, 1.807) is 0 Å². The van der Waals surface area contributed by atoms with Gasteiger partial charge in [0, 0.05) is 6.20 Å². The van der Waals surface area contributed by atoms with Crippen molar-refractivity contribution in [1.29, 1.82) is 0 Å². The number of rotatable bonds is 6. The molecule has 0 saturated heterocycles. The molecule has 1 aromatic rings. The molecule has 0 aromatic carbocycles. The summed E-state index contributed by atoms with van der Waals surface area (Å²) in [5, 5.41) is 8.97. The second-order valence-electron chi connectivity index (χ2n) is 3.53. The van der Waals surface area contributed by atoms with E-state index in [0.717, 1.165) is 4.57 Å². The zero-order valence-electron chi connectivity index (χ0n) is 10.3. The zero-order chi connectivity index (χ0) is 13.8. The quantitative estimate of drug-likeness (QED) is 0.348. The first-order chi connectivity index (χ1) is 8.31. The number of aliphatic hydroxyl groups excluding tert-OH is 1. The molecule has 0 radical (unpaired) electrons. The molecule has 9 nitrogen and oxygen atoms in total. The molecule has 0 bridgehead atoms. The summed E-state index contributed by atoms with van der Waals surface area (Å²) in [5.74, 6) is 0.0529. The van der Waals surface area contributed by atoms with Gasteiger partial charge in [0.15, 0.2) is 7.60 Å². The largest absolute Gasteiger partial charge is 1.00 e. The van der Waals surface area contributed by atoms with Gasteiger partial charge in [-0.25, -0.2) is 4.79 Å². The van der Waals surface area contributed by atoms with Crippen LogP contribution in [0.3, 0.4) is 0 Å². The minimum absolute atomic E-state index is 0. The Kier molecular flexibility index (Phi) is 8.02. The summed E-state index contributed by atoms with van der Waals surface area (Å²) in [4.78, 5) is 33.8. The molecule has 0 aliphatic carbocycles. The smallest absolute Gasteiger partial charge is 0.777 e. The van der Waals surface area contributed by atoms with Gasteiger partial charge in [0.1, 0.15) is 12.2 Å². The molecular formula is C8H13N3NaO6P. The summed E-state index contributed by atoms with van der Waals surface area (Å²) in [7, 11) is -4.56. The van der Waals surface area contributed by atoms with E-state index >= 15 is 0 Å². The van der Waals surface area contributed by atoms with Crippen LogP contribution in [0.2, 0.25) is 0 Å². The minimum Gasteiger partial charge on any atom is -0.777 e. The SMILES string of the molecule is Nc1ccn(C[C@@H](CO)OCP(=O)([O-])O)c(=O)n1.[Na+]. The molecule has 102 valence electrons. The summed E-state index contributed by atoms with van der Waals surface area (Å²) < 4.78 is 16.3. The van der Waals surface area contributed by atoms with E-state index in [2.05, 4.69) is 4.98 Å². The van der Waals surface area contributed by atoms with Gasteiger partial charge in [-0.1, -0.05) is 0 Å². The van der Waals surface area contributed by atoms with Crippen LogP contribution >= 0.6 is 7.60 Å². The van der Waals surface area contributed by atoms with Crippen molar-refractivity contribution < 1.29 is 53.8 Å². The van der Waals surface area contributed by atoms with Crippen molar-refractivity contribution in [3.8, 4) is 0 Å². The zero-order valence-corrected chi connectivity index (χ0v) is 13.2. The van der Waals surface area contributed by atoms with E-state index in [1.165, 1.54) is 12.3 Å². The predicted molar refractivity (Wildman–Crippen MR) is 59.6 cm³/mol. The average Bonchev–Trinajstić information content (AvgIpc) is 2.25. The van der Waals surface area contributed by atoms with Crippen LogP contribution in [0.15, 0.2) is 17.1 Å². The van der Waals surface area contributed by atoms with Crippen LogP contribution in [-0.2, 0) is 15.8 Å². The van der Waals surface area contributed by atoms with Crippen LogP contribution in [0.1, 0.15) is 0 Å².